The van der Waals surface area contributed by atoms with E-state index in [1.807, 2.05) is 12.5 Å². The van der Waals surface area contributed by atoms with Crippen LogP contribution in [-0.2, 0) is 30.3 Å². The molecular weight excluding hydrogens is 594 g/mol. The van der Waals surface area contributed by atoms with E-state index < -0.39 is 30.3 Å². The Balaban J connectivity index is 1.58. The predicted molar refractivity (Wildman–Crippen MR) is 129 cm³/mol. The average Bonchev–Trinajstić information content (AvgIpc) is 3.50. The first-order chi connectivity index (χ1) is 15.7. The zero-order valence-corrected chi connectivity index (χ0v) is 25.1. The molecule has 0 aliphatic heterocycles. The SMILES string of the molecule is CSc1nccc(-c2ccc([S](=O)(=O)[Zn][S](=O)(=O)c3ccc(-c4ccnc(SC)n4)s3)s2)n1. The third-order valence-electron chi connectivity index (χ3n) is 4.22. The van der Waals surface area contributed by atoms with Crippen LogP contribution >= 0.6 is 46.2 Å². The Bertz CT molecular complexity index is 1400. The quantitative estimate of drug-likeness (QED) is 0.163. The zero-order chi connectivity index (χ0) is 23.6. The fourth-order valence-electron chi connectivity index (χ4n) is 2.72. The molecule has 0 radical (unpaired) electrons. The third kappa shape index (κ3) is 5.72. The molecule has 0 N–H and O–H groups in total. The van der Waals surface area contributed by atoms with Crippen LogP contribution in [0.5, 0.6) is 0 Å². The average molecular weight is 608 g/mol. The minimum atomic E-state index is -3.89. The van der Waals surface area contributed by atoms with Gasteiger partial charge in [-0.3, -0.25) is 0 Å². The summed E-state index contributed by atoms with van der Waals surface area (Å²) in [6, 6.07) is 9.62. The van der Waals surface area contributed by atoms with Crippen molar-refractivity contribution in [2.75, 3.05) is 12.5 Å². The zero-order valence-electron chi connectivity index (χ0n) is 17.2. The molecule has 0 saturated heterocycles. The molecule has 8 nitrogen and oxygen atoms in total. The van der Waals surface area contributed by atoms with Crippen molar-refractivity contribution >= 4 is 61.9 Å². The summed E-state index contributed by atoms with van der Waals surface area (Å²) in [6.45, 7) is 0. The summed E-state index contributed by atoms with van der Waals surface area (Å²) in [5.41, 5.74) is 1.21. The van der Waals surface area contributed by atoms with Crippen molar-refractivity contribution in [2.45, 2.75) is 18.7 Å². The number of thiophene rings is 2. The molecule has 0 unspecified atom stereocenters. The maximum absolute atomic E-state index is 13.0. The van der Waals surface area contributed by atoms with Gasteiger partial charge >= 0.3 is 214 Å². The van der Waals surface area contributed by atoms with E-state index in [0.717, 1.165) is 22.7 Å². The van der Waals surface area contributed by atoms with Gasteiger partial charge in [-0.25, -0.2) is 0 Å². The second-order valence-electron chi connectivity index (χ2n) is 6.44. The molecule has 4 heterocycles. The van der Waals surface area contributed by atoms with Crippen LogP contribution in [-0.4, -0.2) is 49.3 Å². The van der Waals surface area contributed by atoms with Crippen molar-refractivity contribution in [1.82, 2.24) is 19.9 Å². The van der Waals surface area contributed by atoms with Gasteiger partial charge in [-0.1, -0.05) is 0 Å². The molecule has 33 heavy (non-hydrogen) atoms. The monoisotopic (exact) mass is 606 g/mol. The molecule has 0 atom stereocenters. The number of rotatable bonds is 8. The van der Waals surface area contributed by atoms with E-state index in [2.05, 4.69) is 19.9 Å². The van der Waals surface area contributed by atoms with E-state index in [4.69, 9.17) is 0 Å². The molecule has 4 aromatic rings. The second-order valence-corrected chi connectivity index (χ2v) is 29.0. The Labute approximate surface area is 212 Å². The van der Waals surface area contributed by atoms with E-state index in [1.165, 1.54) is 35.7 Å². The van der Waals surface area contributed by atoms with Gasteiger partial charge in [-0.05, 0) is 0 Å². The summed E-state index contributed by atoms with van der Waals surface area (Å²) in [5, 5.41) is 1.15. The first-order valence-corrected chi connectivity index (χ1v) is 23.8. The van der Waals surface area contributed by atoms with Crippen molar-refractivity contribution in [1.29, 1.82) is 0 Å². The number of hydrogen-bond acceptors (Lipinski definition) is 12. The van der Waals surface area contributed by atoms with Crippen molar-refractivity contribution in [2.24, 2.45) is 0 Å². The van der Waals surface area contributed by atoms with Gasteiger partial charge in [0.1, 0.15) is 0 Å². The first kappa shape index (κ1) is 24.9. The summed E-state index contributed by atoms with van der Waals surface area (Å²) in [5.74, 6) is 0. The van der Waals surface area contributed by atoms with E-state index in [0.29, 0.717) is 31.5 Å². The van der Waals surface area contributed by atoms with Crippen LogP contribution in [0.4, 0.5) is 0 Å². The standard InChI is InChI=1S/2C9H7N2O2S3.Zn/c2*1-14-9-10-5-4-6(11-9)7-2-3-8(15-7)16(12)13;/h2*2-5H,1H3;. The fraction of sp³-hybridized carbons (Fsp3) is 0.111. The Morgan fingerprint density at radius 2 is 1.12 bits per heavy atom. The third-order valence-corrected chi connectivity index (χ3v) is 31.4. The van der Waals surface area contributed by atoms with Gasteiger partial charge in [0.2, 0.25) is 0 Å². The number of thioether (sulfide) groups is 2. The predicted octanol–water partition coefficient (Wildman–Crippen LogP) is 4.33. The number of nitrogens with zero attached hydrogens (tertiary/aromatic N) is 4. The summed E-state index contributed by atoms with van der Waals surface area (Å²) >= 11 is 1.69. The van der Waals surface area contributed by atoms with Crippen LogP contribution in [0.1, 0.15) is 0 Å². The fourth-order valence-corrected chi connectivity index (χ4v) is 29.6. The van der Waals surface area contributed by atoms with Gasteiger partial charge in [-0.15, -0.1) is 0 Å². The van der Waals surface area contributed by atoms with Crippen molar-refractivity contribution in [3.05, 3.63) is 48.8 Å². The van der Waals surface area contributed by atoms with Gasteiger partial charge in [0.25, 0.3) is 0 Å². The Kier molecular flexibility index (Phi) is 7.68. The Morgan fingerprint density at radius 3 is 1.52 bits per heavy atom. The first-order valence-electron chi connectivity index (χ1n) is 9.12. The van der Waals surface area contributed by atoms with Crippen LogP contribution in [0, 0.1) is 0 Å². The van der Waals surface area contributed by atoms with Gasteiger partial charge in [0, 0.05) is 0 Å². The summed E-state index contributed by atoms with van der Waals surface area (Å²) in [7, 11) is -7.78. The van der Waals surface area contributed by atoms with E-state index >= 15 is 0 Å². The van der Waals surface area contributed by atoms with E-state index in [1.54, 1.807) is 36.7 Å². The van der Waals surface area contributed by atoms with Gasteiger partial charge in [0.15, 0.2) is 0 Å². The van der Waals surface area contributed by atoms with Gasteiger partial charge in [-0.2, -0.15) is 0 Å². The van der Waals surface area contributed by atoms with Crippen LogP contribution in [0.2, 0.25) is 0 Å². The molecule has 0 saturated carbocycles. The molecule has 168 valence electrons. The maximum atomic E-state index is 13.0. The molecule has 0 fully saturated rings. The molecule has 0 amide bonds. The van der Waals surface area contributed by atoms with E-state index in [-0.39, 0.29) is 8.42 Å². The summed E-state index contributed by atoms with van der Waals surface area (Å²) < 4.78 is 52.1. The summed E-state index contributed by atoms with van der Waals surface area (Å²) in [6.07, 6.45) is 6.92. The molecule has 0 aliphatic rings. The Morgan fingerprint density at radius 1 is 0.697 bits per heavy atom. The van der Waals surface area contributed by atoms with Crippen LogP contribution in [0.25, 0.3) is 21.1 Å². The van der Waals surface area contributed by atoms with Crippen molar-refractivity contribution in [3.8, 4) is 21.1 Å². The molecule has 0 aliphatic carbocycles. The Hall–Kier alpha value is -1.22. The topological polar surface area (TPSA) is 120 Å². The normalized spacial score (nSPS) is 11.9. The van der Waals surface area contributed by atoms with E-state index in [9.17, 15) is 16.8 Å². The summed E-state index contributed by atoms with van der Waals surface area (Å²) in [4.78, 5) is 18.3. The van der Waals surface area contributed by atoms with Crippen molar-refractivity contribution in [3.63, 3.8) is 0 Å². The molecule has 4 aromatic heterocycles. The minimum absolute atomic E-state index is 0.0579. The number of aromatic nitrogens is 4. The molecule has 15 heteroatoms. The van der Waals surface area contributed by atoms with Crippen LogP contribution in [0.15, 0.2) is 67.5 Å². The van der Waals surface area contributed by atoms with Gasteiger partial charge in [0.05, 0.1) is 0 Å². The molecule has 4 rings (SSSR count). The second kappa shape index (κ2) is 10.2. The van der Waals surface area contributed by atoms with Crippen LogP contribution in [0.3, 0.4) is 0 Å². The molecular formula is C18H14N4O4S6Zn. The van der Waals surface area contributed by atoms with Crippen molar-refractivity contribution < 1.29 is 31.5 Å². The van der Waals surface area contributed by atoms with Gasteiger partial charge < -0.3 is 0 Å². The molecule has 0 spiro atoms. The molecule has 0 bridgehead atoms. The van der Waals surface area contributed by atoms with Crippen LogP contribution < -0.4 is 0 Å². The number of hydrogen-bond donors (Lipinski definition) is 0. The molecule has 0 aromatic carbocycles.